The van der Waals surface area contributed by atoms with E-state index < -0.39 is 0 Å². The van der Waals surface area contributed by atoms with Gasteiger partial charge in [0.15, 0.2) is 0 Å². The molecule has 0 spiro atoms. The van der Waals surface area contributed by atoms with Gasteiger partial charge in [-0.15, -0.1) is 11.3 Å². The van der Waals surface area contributed by atoms with Crippen molar-refractivity contribution in [3.63, 3.8) is 0 Å². The molecule has 2 unspecified atom stereocenters. The molecule has 1 fully saturated rings. The van der Waals surface area contributed by atoms with Crippen LogP contribution in [0.4, 0.5) is 0 Å². The fourth-order valence-corrected chi connectivity index (χ4v) is 4.01. The minimum Gasteiger partial charge on any atom is -0.330 e. The van der Waals surface area contributed by atoms with Crippen LogP contribution < -0.4 is 5.73 Å². The summed E-state index contributed by atoms with van der Waals surface area (Å²) in [6.07, 6.45) is 8.00. The van der Waals surface area contributed by atoms with Crippen molar-refractivity contribution in [3.05, 3.63) is 22.4 Å². The second-order valence-corrected chi connectivity index (χ2v) is 6.36. The predicted octanol–water partition coefficient (Wildman–Crippen LogP) is 3.84. The summed E-state index contributed by atoms with van der Waals surface area (Å²) in [7, 11) is 0. The molecule has 2 N–H and O–H groups in total. The van der Waals surface area contributed by atoms with Crippen LogP contribution in [0.1, 0.15) is 43.9 Å². The molecule has 1 aliphatic carbocycles. The van der Waals surface area contributed by atoms with Gasteiger partial charge in [0.2, 0.25) is 0 Å². The Labute approximate surface area is 103 Å². The first kappa shape index (κ1) is 12.1. The summed E-state index contributed by atoms with van der Waals surface area (Å²) in [5.74, 6) is 0.914. The lowest BCUT2D eigenvalue weighted by molar-refractivity contribution is 0.143. The first-order valence-corrected chi connectivity index (χ1v) is 7.38. The number of hydrogen-bond acceptors (Lipinski definition) is 2. The lowest BCUT2D eigenvalue weighted by atomic mass is 9.67. The number of thiophene rings is 1. The molecule has 1 saturated carbocycles. The van der Waals surface area contributed by atoms with E-state index in [0.717, 1.165) is 12.5 Å². The first-order chi connectivity index (χ1) is 7.78. The Balaban J connectivity index is 2.06. The van der Waals surface area contributed by atoms with Gasteiger partial charge in [-0.25, -0.2) is 0 Å². The highest BCUT2D eigenvalue weighted by molar-refractivity contribution is 7.09. The summed E-state index contributed by atoms with van der Waals surface area (Å²) >= 11 is 1.88. The van der Waals surface area contributed by atoms with E-state index in [9.17, 15) is 0 Å². The highest BCUT2D eigenvalue weighted by Gasteiger charge is 2.34. The van der Waals surface area contributed by atoms with Crippen LogP contribution in [0.5, 0.6) is 0 Å². The fraction of sp³-hybridized carbons (Fsp3) is 0.714. The summed E-state index contributed by atoms with van der Waals surface area (Å²) in [5, 5.41) is 2.18. The van der Waals surface area contributed by atoms with Crippen molar-refractivity contribution in [1.82, 2.24) is 0 Å². The minimum absolute atomic E-state index is 0.407. The van der Waals surface area contributed by atoms with E-state index in [1.165, 1.54) is 43.4 Å². The predicted molar refractivity (Wildman–Crippen MR) is 71.8 cm³/mol. The summed E-state index contributed by atoms with van der Waals surface area (Å²) in [4.78, 5) is 1.52. The Morgan fingerprint density at radius 1 is 1.56 bits per heavy atom. The molecule has 90 valence electrons. The second-order valence-electron chi connectivity index (χ2n) is 5.33. The third-order valence-electron chi connectivity index (χ3n) is 4.18. The lowest BCUT2D eigenvalue weighted by Gasteiger charge is -2.40. The van der Waals surface area contributed by atoms with Gasteiger partial charge in [-0.1, -0.05) is 32.3 Å². The Kier molecular flexibility index (Phi) is 4.04. The zero-order valence-corrected chi connectivity index (χ0v) is 11.1. The van der Waals surface area contributed by atoms with Gasteiger partial charge in [0.05, 0.1) is 0 Å². The molecule has 2 atom stereocenters. The average Bonchev–Trinajstić information content (AvgIpc) is 2.82. The van der Waals surface area contributed by atoms with Crippen molar-refractivity contribution >= 4 is 11.3 Å². The van der Waals surface area contributed by atoms with E-state index in [1.54, 1.807) is 0 Å². The number of rotatable bonds is 4. The van der Waals surface area contributed by atoms with E-state index in [4.69, 9.17) is 5.73 Å². The first-order valence-electron chi connectivity index (χ1n) is 6.50. The van der Waals surface area contributed by atoms with Gasteiger partial charge in [-0.3, -0.25) is 0 Å². The van der Waals surface area contributed by atoms with Crippen LogP contribution in [0.2, 0.25) is 0 Å². The van der Waals surface area contributed by atoms with Crippen molar-refractivity contribution in [2.75, 3.05) is 6.54 Å². The van der Waals surface area contributed by atoms with Crippen LogP contribution in [0.25, 0.3) is 0 Å². The SMILES string of the molecule is CCC1CCCC(CN)(Cc2cccs2)C1. The summed E-state index contributed by atoms with van der Waals surface area (Å²) in [6, 6.07) is 4.42. The molecule has 1 aromatic rings. The molecule has 1 aliphatic rings. The van der Waals surface area contributed by atoms with Crippen LogP contribution >= 0.6 is 11.3 Å². The molecule has 0 aromatic carbocycles. The molecule has 0 bridgehead atoms. The summed E-state index contributed by atoms with van der Waals surface area (Å²) in [6.45, 7) is 3.18. The molecular formula is C14H23NS. The number of nitrogens with two attached hydrogens (primary N) is 1. The standard InChI is InChI=1S/C14H23NS/c1-2-12-5-3-7-14(9-12,11-15)10-13-6-4-8-16-13/h4,6,8,12H,2-3,5,7,9-11,15H2,1H3. The molecule has 2 heteroatoms. The van der Waals surface area contributed by atoms with Crippen molar-refractivity contribution < 1.29 is 0 Å². The van der Waals surface area contributed by atoms with E-state index in [1.807, 2.05) is 11.3 Å². The third kappa shape index (κ3) is 2.67. The van der Waals surface area contributed by atoms with Crippen LogP contribution in [0.15, 0.2) is 17.5 Å². The molecule has 0 saturated heterocycles. The maximum Gasteiger partial charge on any atom is 0.00512 e. The monoisotopic (exact) mass is 237 g/mol. The lowest BCUT2D eigenvalue weighted by Crippen LogP contribution is -2.37. The minimum atomic E-state index is 0.407. The molecule has 1 nitrogen and oxygen atoms in total. The zero-order valence-electron chi connectivity index (χ0n) is 10.2. The van der Waals surface area contributed by atoms with Crippen molar-refractivity contribution in [2.45, 2.75) is 45.4 Å². The van der Waals surface area contributed by atoms with E-state index in [0.29, 0.717) is 5.41 Å². The van der Waals surface area contributed by atoms with Gasteiger partial charge in [0.25, 0.3) is 0 Å². The Morgan fingerprint density at radius 3 is 3.06 bits per heavy atom. The Bertz CT molecular complexity index is 307. The van der Waals surface area contributed by atoms with E-state index >= 15 is 0 Å². The normalized spacial score (nSPS) is 30.5. The fourth-order valence-electron chi connectivity index (χ4n) is 3.13. The molecular weight excluding hydrogens is 214 g/mol. The van der Waals surface area contributed by atoms with E-state index in [-0.39, 0.29) is 0 Å². The van der Waals surface area contributed by atoms with Crippen LogP contribution in [0, 0.1) is 11.3 Å². The van der Waals surface area contributed by atoms with Crippen LogP contribution in [0.3, 0.4) is 0 Å². The van der Waals surface area contributed by atoms with Crippen molar-refractivity contribution in [2.24, 2.45) is 17.1 Å². The largest absolute Gasteiger partial charge is 0.330 e. The molecule has 0 radical (unpaired) electrons. The molecule has 2 rings (SSSR count). The highest BCUT2D eigenvalue weighted by Crippen LogP contribution is 2.42. The van der Waals surface area contributed by atoms with Gasteiger partial charge >= 0.3 is 0 Å². The Morgan fingerprint density at radius 2 is 2.44 bits per heavy atom. The van der Waals surface area contributed by atoms with Crippen LogP contribution in [-0.4, -0.2) is 6.54 Å². The summed E-state index contributed by atoms with van der Waals surface area (Å²) in [5.41, 5.74) is 6.48. The molecule has 1 heterocycles. The van der Waals surface area contributed by atoms with E-state index in [2.05, 4.69) is 24.4 Å². The van der Waals surface area contributed by atoms with Gasteiger partial charge in [0.1, 0.15) is 0 Å². The molecule has 0 aliphatic heterocycles. The molecule has 1 aromatic heterocycles. The number of hydrogen-bond donors (Lipinski definition) is 1. The Hall–Kier alpha value is -0.340. The summed E-state index contributed by atoms with van der Waals surface area (Å²) < 4.78 is 0. The van der Waals surface area contributed by atoms with Crippen LogP contribution in [-0.2, 0) is 6.42 Å². The maximum atomic E-state index is 6.08. The zero-order chi connectivity index (χ0) is 11.4. The quantitative estimate of drug-likeness (QED) is 0.846. The average molecular weight is 237 g/mol. The topological polar surface area (TPSA) is 26.0 Å². The smallest absolute Gasteiger partial charge is 0.00512 e. The van der Waals surface area contributed by atoms with Gasteiger partial charge in [-0.05, 0) is 48.6 Å². The molecule has 16 heavy (non-hydrogen) atoms. The maximum absolute atomic E-state index is 6.08. The highest BCUT2D eigenvalue weighted by atomic mass is 32.1. The second kappa shape index (κ2) is 5.33. The third-order valence-corrected chi connectivity index (χ3v) is 5.06. The van der Waals surface area contributed by atoms with Crippen molar-refractivity contribution in [3.8, 4) is 0 Å². The van der Waals surface area contributed by atoms with Gasteiger partial charge < -0.3 is 5.73 Å². The van der Waals surface area contributed by atoms with Gasteiger partial charge in [-0.2, -0.15) is 0 Å². The molecule has 0 amide bonds. The van der Waals surface area contributed by atoms with Gasteiger partial charge in [0, 0.05) is 4.88 Å². The van der Waals surface area contributed by atoms with Crippen molar-refractivity contribution in [1.29, 1.82) is 0 Å².